The van der Waals surface area contributed by atoms with Crippen LogP contribution < -0.4 is 5.32 Å². The summed E-state index contributed by atoms with van der Waals surface area (Å²) in [5.41, 5.74) is 4.60. The molecule has 0 spiro atoms. The maximum atomic E-state index is 12.8. The van der Waals surface area contributed by atoms with Crippen molar-refractivity contribution in [1.82, 2.24) is 9.97 Å². The molecule has 0 unspecified atom stereocenters. The van der Waals surface area contributed by atoms with Gasteiger partial charge >= 0.3 is 5.97 Å². The summed E-state index contributed by atoms with van der Waals surface area (Å²) >= 11 is 0. The van der Waals surface area contributed by atoms with Crippen molar-refractivity contribution >= 4 is 28.5 Å². The smallest absolute Gasteiger partial charge is 0.360 e. The van der Waals surface area contributed by atoms with E-state index >= 15 is 0 Å². The van der Waals surface area contributed by atoms with Gasteiger partial charge in [0.05, 0.1) is 17.1 Å². The molecule has 144 valence electrons. The molecule has 1 atom stereocenters. The molecule has 3 aromatic rings. The van der Waals surface area contributed by atoms with Gasteiger partial charge in [-0.25, -0.2) is 14.8 Å². The van der Waals surface area contributed by atoms with Crippen molar-refractivity contribution in [2.45, 2.75) is 32.8 Å². The highest BCUT2D eigenvalue weighted by molar-refractivity contribution is 5.96. The number of anilines is 2. The van der Waals surface area contributed by atoms with Gasteiger partial charge in [0.2, 0.25) is 0 Å². The van der Waals surface area contributed by atoms with Gasteiger partial charge in [0.1, 0.15) is 6.61 Å². The Balaban J connectivity index is 1.67. The van der Waals surface area contributed by atoms with Crippen molar-refractivity contribution in [3.05, 3.63) is 59.3 Å². The van der Waals surface area contributed by atoms with E-state index in [-0.39, 0.29) is 18.4 Å². The number of hydrogen-bond acceptors (Lipinski definition) is 6. The minimum Gasteiger partial charge on any atom is -0.458 e. The van der Waals surface area contributed by atoms with Crippen molar-refractivity contribution < 1.29 is 14.3 Å². The number of aryl methyl sites for hydroxylation is 2. The second-order valence-corrected chi connectivity index (χ2v) is 7.09. The number of carbonyl (C=O) groups is 1. The summed E-state index contributed by atoms with van der Waals surface area (Å²) in [6, 6.07) is 13.6. The number of aromatic nitrogens is 2. The number of para-hydroxylation sites is 2. The summed E-state index contributed by atoms with van der Waals surface area (Å²) in [5, 5.41) is 3.28. The molecule has 6 heteroatoms. The number of nitrogens with one attached hydrogen (secondary N) is 1. The molecular weight excluding hydrogens is 354 g/mol. The Labute approximate surface area is 163 Å². The number of esters is 1. The van der Waals surface area contributed by atoms with E-state index in [4.69, 9.17) is 9.47 Å². The van der Waals surface area contributed by atoms with E-state index in [1.165, 1.54) is 0 Å². The molecule has 1 fully saturated rings. The van der Waals surface area contributed by atoms with E-state index in [2.05, 4.69) is 15.3 Å². The second kappa shape index (κ2) is 7.94. The molecule has 0 amide bonds. The Kier molecular flexibility index (Phi) is 5.21. The van der Waals surface area contributed by atoms with Crippen LogP contribution in [0.5, 0.6) is 0 Å². The summed E-state index contributed by atoms with van der Waals surface area (Å²) in [4.78, 5) is 22.0. The lowest BCUT2D eigenvalue weighted by molar-refractivity contribution is 0.0157. The highest BCUT2D eigenvalue weighted by atomic mass is 16.6. The van der Waals surface area contributed by atoms with Gasteiger partial charge < -0.3 is 14.8 Å². The first-order valence-electron chi connectivity index (χ1n) is 9.50. The van der Waals surface area contributed by atoms with Crippen LogP contribution in [0.15, 0.2) is 42.5 Å². The van der Waals surface area contributed by atoms with Gasteiger partial charge in [-0.05, 0) is 56.0 Å². The Bertz CT molecular complexity index is 1010. The van der Waals surface area contributed by atoms with Crippen molar-refractivity contribution in [3.63, 3.8) is 0 Å². The van der Waals surface area contributed by atoms with Gasteiger partial charge in [-0.1, -0.05) is 24.3 Å². The third-order valence-electron chi connectivity index (χ3n) is 4.83. The molecule has 2 aromatic carbocycles. The summed E-state index contributed by atoms with van der Waals surface area (Å²) in [5.74, 6) is -0.105. The van der Waals surface area contributed by atoms with Gasteiger partial charge in [-0.3, -0.25) is 0 Å². The minimum atomic E-state index is -0.499. The normalized spacial score (nSPS) is 16.3. The van der Waals surface area contributed by atoms with E-state index < -0.39 is 5.97 Å². The quantitative estimate of drug-likeness (QED) is 0.667. The zero-order valence-electron chi connectivity index (χ0n) is 16.1. The Morgan fingerprint density at radius 1 is 1.18 bits per heavy atom. The number of fused-ring (bicyclic) bond motifs is 1. The average molecular weight is 377 g/mol. The molecule has 1 N–H and O–H groups in total. The van der Waals surface area contributed by atoms with Gasteiger partial charge in [-0.15, -0.1) is 0 Å². The lowest BCUT2D eigenvalue weighted by Crippen LogP contribution is -2.20. The molecule has 2 heterocycles. The Morgan fingerprint density at radius 3 is 2.71 bits per heavy atom. The molecular formula is C22H23N3O3. The van der Waals surface area contributed by atoms with Crippen LogP contribution in [-0.4, -0.2) is 35.3 Å². The van der Waals surface area contributed by atoms with Crippen molar-refractivity contribution in [2.75, 3.05) is 18.5 Å². The standard InChI is InChI=1S/C22H23N3O3/c1-14-9-10-15(2)19(12-14)25-21-20(22(26)28-13-16-6-5-11-27-16)23-17-7-3-4-8-18(17)24-21/h3-4,7-10,12,16H,5-6,11,13H2,1-2H3,(H,24,25)/t16-/m0/s1. The van der Waals surface area contributed by atoms with Crippen LogP contribution in [0.4, 0.5) is 11.5 Å². The predicted molar refractivity (Wildman–Crippen MR) is 108 cm³/mol. The molecule has 0 saturated carbocycles. The lowest BCUT2D eigenvalue weighted by Gasteiger charge is -2.15. The third-order valence-corrected chi connectivity index (χ3v) is 4.83. The summed E-state index contributed by atoms with van der Waals surface area (Å²) < 4.78 is 11.0. The van der Waals surface area contributed by atoms with E-state index in [1.54, 1.807) is 0 Å². The van der Waals surface area contributed by atoms with Gasteiger partial charge in [0, 0.05) is 12.3 Å². The van der Waals surface area contributed by atoms with Gasteiger partial charge in [-0.2, -0.15) is 0 Å². The molecule has 4 rings (SSSR count). The van der Waals surface area contributed by atoms with Crippen molar-refractivity contribution in [2.24, 2.45) is 0 Å². The number of nitrogens with zero attached hydrogens (tertiary/aromatic N) is 2. The first-order chi connectivity index (χ1) is 13.6. The maximum Gasteiger partial charge on any atom is 0.360 e. The average Bonchev–Trinajstić information content (AvgIpc) is 3.22. The molecule has 6 nitrogen and oxygen atoms in total. The zero-order valence-corrected chi connectivity index (χ0v) is 16.1. The lowest BCUT2D eigenvalue weighted by atomic mass is 10.1. The second-order valence-electron chi connectivity index (χ2n) is 7.09. The molecule has 1 saturated heterocycles. The minimum absolute atomic E-state index is 0.0345. The molecule has 1 aromatic heterocycles. The SMILES string of the molecule is Cc1ccc(C)c(Nc2nc3ccccc3nc2C(=O)OC[C@@H]2CCCO2)c1. The number of hydrogen-bond donors (Lipinski definition) is 1. The van der Waals surface area contributed by atoms with Crippen LogP contribution in [-0.2, 0) is 9.47 Å². The fourth-order valence-corrected chi connectivity index (χ4v) is 3.24. The van der Waals surface area contributed by atoms with Crippen LogP contribution in [0.2, 0.25) is 0 Å². The predicted octanol–water partition coefficient (Wildman–Crippen LogP) is 4.33. The first-order valence-corrected chi connectivity index (χ1v) is 9.50. The van der Waals surface area contributed by atoms with Crippen LogP contribution in [0, 0.1) is 13.8 Å². The topological polar surface area (TPSA) is 73.3 Å². The monoisotopic (exact) mass is 377 g/mol. The molecule has 0 bridgehead atoms. The largest absolute Gasteiger partial charge is 0.458 e. The first kappa shape index (κ1) is 18.4. The molecule has 0 radical (unpaired) electrons. The third kappa shape index (κ3) is 3.97. The van der Waals surface area contributed by atoms with Crippen LogP contribution in [0.3, 0.4) is 0 Å². The Hall–Kier alpha value is -2.99. The van der Waals surface area contributed by atoms with E-state index in [0.29, 0.717) is 16.9 Å². The van der Waals surface area contributed by atoms with Crippen molar-refractivity contribution in [3.8, 4) is 0 Å². The number of carbonyl (C=O) groups excluding carboxylic acids is 1. The summed E-state index contributed by atoms with van der Waals surface area (Å²) in [7, 11) is 0. The van der Waals surface area contributed by atoms with Gasteiger partial charge in [0.15, 0.2) is 11.5 Å². The number of benzene rings is 2. The van der Waals surface area contributed by atoms with Crippen LogP contribution in [0.1, 0.15) is 34.5 Å². The van der Waals surface area contributed by atoms with E-state index in [0.717, 1.165) is 36.3 Å². The molecule has 28 heavy (non-hydrogen) atoms. The fraction of sp³-hybridized carbons (Fsp3) is 0.318. The van der Waals surface area contributed by atoms with Crippen LogP contribution >= 0.6 is 0 Å². The summed E-state index contributed by atoms with van der Waals surface area (Å²) in [6.07, 6.45) is 1.87. The summed E-state index contributed by atoms with van der Waals surface area (Å²) in [6.45, 7) is 4.98. The molecule has 0 aliphatic carbocycles. The van der Waals surface area contributed by atoms with Crippen molar-refractivity contribution in [1.29, 1.82) is 0 Å². The number of ether oxygens (including phenoxy) is 2. The highest BCUT2D eigenvalue weighted by Crippen LogP contribution is 2.25. The number of rotatable bonds is 5. The molecule has 1 aliphatic heterocycles. The molecule has 1 aliphatic rings. The van der Waals surface area contributed by atoms with Crippen LogP contribution in [0.25, 0.3) is 11.0 Å². The highest BCUT2D eigenvalue weighted by Gasteiger charge is 2.22. The van der Waals surface area contributed by atoms with E-state index in [9.17, 15) is 4.79 Å². The fourth-order valence-electron chi connectivity index (χ4n) is 3.24. The van der Waals surface area contributed by atoms with E-state index in [1.807, 2.05) is 56.3 Å². The Morgan fingerprint density at radius 2 is 1.96 bits per heavy atom. The van der Waals surface area contributed by atoms with Gasteiger partial charge in [0.25, 0.3) is 0 Å². The zero-order chi connectivity index (χ0) is 19.5. The maximum absolute atomic E-state index is 12.8.